The first-order valence-electron chi connectivity index (χ1n) is 5.77. The lowest BCUT2D eigenvalue weighted by molar-refractivity contribution is -0.117. The van der Waals surface area contributed by atoms with Gasteiger partial charge in [0.15, 0.2) is 5.89 Å². The van der Waals surface area contributed by atoms with Crippen molar-refractivity contribution in [1.29, 1.82) is 0 Å². The predicted octanol–water partition coefficient (Wildman–Crippen LogP) is 1.23. The third-order valence-corrected chi connectivity index (χ3v) is 2.59. The van der Waals surface area contributed by atoms with Gasteiger partial charge in [0.05, 0.1) is 0 Å². The molecular weight excluding hydrogens is 220 g/mol. The average molecular weight is 240 g/mol. The minimum Gasteiger partial charge on any atom is -0.446 e. The zero-order chi connectivity index (χ0) is 13.1. The Hall–Kier alpha value is -1.36. The van der Waals surface area contributed by atoms with Crippen molar-refractivity contribution in [3.05, 3.63) is 17.3 Å². The van der Waals surface area contributed by atoms with E-state index >= 15 is 0 Å². The molecule has 1 amide bonds. The Morgan fingerprint density at radius 1 is 1.53 bits per heavy atom. The second kappa shape index (κ2) is 5.31. The summed E-state index contributed by atoms with van der Waals surface area (Å²) in [6, 6.07) is 0. The van der Waals surface area contributed by atoms with Gasteiger partial charge in [-0.05, 0) is 27.7 Å². The summed E-state index contributed by atoms with van der Waals surface area (Å²) >= 11 is 0. The SMILES string of the molecule is CCN(C=O)CCc1nc(C(C)(C)O)c(C)o1. The first-order valence-corrected chi connectivity index (χ1v) is 5.77. The second-order valence-corrected chi connectivity index (χ2v) is 4.56. The highest BCUT2D eigenvalue weighted by Crippen LogP contribution is 2.23. The number of nitrogens with zero attached hydrogens (tertiary/aromatic N) is 2. The zero-order valence-electron chi connectivity index (χ0n) is 10.9. The molecule has 0 saturated heterocycles. The number of oxazole rings is 1. The van der Waals surface area contributed by atoms with E-state index in [0.717, 1.165) is 6.41 Å². The third kappa shape index (κ3) is 3.56. The van der Waals surface area contributed by atoms with E-state index in [1.54, 1.807) is 25.7 Å². The molecule has 0 radical (unpaired) electrons. The highest BCUT2D eigenvalue weighted by Gasteiger charge is 2.24. The summed E-state index contributed by atoms with van der Waals surface area (Å²) in [6.07, 6.45) is 1.37. The molecule has 1 N–H and O–H groups in total. The molecule has 0 aliphatic carbocycles. The summed E-state index contributed by atoms with van der Waals surface area (Å²) in [4.78, 5) is 16.5. The van der Waals surface area contributed by atoms with Crippen LogP contribution < -0.4 is 0 Å². The van der Waals surface area contributed by atoms with E-state index in [9.17, 15) is 9.90 Å². The van der Waals surface area contributed by atoms with Crippen molar-refractivity contribution in [2.24, 2.45) is 0 Å². The molecule has 0 spiro atoms. The molecule has 0 saturated carbocycles. The topological polar surface area (TPSA) is 66.6 Å². The van der Waals surface area contributed by atoms with Gasteiger partial charge < -0.3 is 14.4 Å². The molecule has 0 unspecified atom stereocenters. The number of carbonyl (C=O) groups excluding carboxylic acids is 1. The second-order valence-electron chi connectivity index (χ2n) is 4.56. The Labute approximate surface area is 101 Å². The Morgan fingerprint density at radius 3 is 2.59 bits per heavy atom. The van der Waals surface area contributed by atoms with Crippen LogP contribution in [0.15, 0.2) is 4.42 Å². The van der Waals surface area contributed by atoms with Gasteiger partial charge in [-0.3, -0.25) is 4.79 Å². The van der Waals surface area contributed by atoms with Crippen LogP contribution in [-0.4, -0.2) is 34.5 Å². The van der Waals surface area contributed by atoms with E-state index in [1.165, 1.54) is 0 Å². The fraction of sp³-hybridized carbons (Fsp3) is 0.667. The van der Waals surface area contributed by atoms with Crippen LogP contribution in [0, 0.1) is 6.92 Å². The standard InChI is InChI=1S/C12H20N2O3/c1-5-14(8-15)7-6-10-13-11(9(2)17-10)12(3,4)16/h8,16H,5-7H2,1-4H3. The molecule has 1 aromatic rings. The van der Waals surface area contributed by atoms with E-state index in [4.69, 9.17) is 4.42 Å². The molecule has 1 rings (SSSR count). The third-order valence-electron chi connectivity index (χ3n) is 2.59. The predicted molar refractivity (Wildman–Crippen MR) is 63.5 cm³/mol. The van der Waals surface area contributed by atoms with Crippen LogP contribution in [-0.2, 0) is 16.8 Å². The lowest BCUT2D eigenvalue weighted by atomic mass is 10.0. The van der Waals surface area contributed by atoms with E-state index in [1.807, 2.05) is 6.92 Å². The molecule has 96 valence electrons. The molecule has 0 aliphatic heterocycles. The fourth-order valence-corrected chi connectivity index (χ4v) is 1.65. The maximum Gasteiger partial charge on any atom is 0.209 e. The lowest BCUT2D eigenvalue weighted by Gasteiger charge is -2.14. The van der Waals surface area contributed by atoms with Crippen molar-refractivity contribution < 1.29 is 14.3 Å². The maximum atomic E-state index is 10.6. The van der Waals surface area contributed by atoms with E-state index < -0.39 is 5.60 Å². The quantitative estimate of drug-likeness (QED) is 0.759. The molecule has 17 heavy (non-hydrogen) atoms. The van der Waals surface area contributed by atoms with Crippen molar-refractivity contribution in [1.82, 2.24) is 9.88 Å². The molecule has 5 heteroatoms. The number of carbonyl (C=O) groups is 1. The first-order chi connectivity index (χ1) is 7.88. The number of amides is 1. The molecule has 0 bridgehead atoms. The Balaban J connectivity index is 2.71. The molecule has 1 heterocycles. The van der Waals surface area contributed by atoms with Gasteiger partial charge in [-0.25, -0.2) is 4.98 Å². The van der Waals surface area contributed by atoms with Gasteiger partial charge in [-0.2, -0.15) is 0 Å². The minimum absolute atomic E-state index is 0.555. The molecule has 5 nitrogen and oxygen atoms in total. The first kappa shape index (κ1) is 13.7. The number of hydrogen-bond donors (Lipinski definition) is 1. The summed E-state index contributed by atoms with van der Waals surface area (Å²) < 4.78 is 5.47. The molecule has 1 aromatic heterocycles. The molecule has 0 aromatic carbocycles. The van der Waals surface area contributed by atoms with Gasteiger partial charge in [0.1, 0.15) is 17.1 Å². The molecule has 0 aliphatic rings. The van der Waals surface area contributed by atoms with Crippen molar-refractivity contribution in [3.63, 3.8) is 0 Å². The number of rotatable bonds is 6. The number of aliphatic hydroxyl groups is 1. The van der Waals surface area contributed by atoms with Gasteiger partial charge in [0.25, 0.3) is 0 Å². The van der Waals surface area contributed by atoms with Crippen LogP contribution in [0.5, 0.6) is 0 Å². The van der Waals surface area contributed by atoms with Gasteiger partial charge in [0, 0.05) is 19.5 Å². The van der Waals surface area contributed by atoms with E-state index in [-0.39, 0.29) is 0 Å². The van der Waals surface area contributed by atoms with Crippen LogP contribution in [0.25, 0.3) is 0 Å². The van der Waals surface area contributed by atoms with Crippen molar-refractivity contribution in [3.8, 4) is 0 Å². The van der Waals surface area contributed by atoms with Gasteiger partial charge in [-0.15, -0.1) is 0 Å². The van der Waals surface area contributed by atoms with Crippen LogP contribution in [0.1, 0.15) is 38.1 Å². The van der Waals surface area contributed by atoms with Crippen LogP contribution in [0.2, 0.25) is 0 Å². The maximum absolute atomic E-state index is 10.6. The summed E-state index contributed by atoms with van der Waals surface area (Å²) in [5, 5.41) is 9.86. The largest absolute Gasteiger partial charge is 0.446 e. The van der Waals surface area contributed by atoms with E-state index in [0.29, 0.717) is 36.9 Å². The van der Waals surface area contributed by atoms with Gasteiger partial charge in [0.2, 0.25) is 6.41 Å². The Kier molecular flexibility index (Phi) is 4.28. The molecule has 0 fully saturated rings. The number of aromatic nitrogens is 1. The van der Waals surface area contributed by atoms with Crippen LogP contribution >= 0.6 is 0 Å². The summed E-state index contributed by atoms with van der Waals surface area (Å²) in [6.45, 7) is 8.28. The zero-order valence-corrected chi connectivity index (χ0v) is 10.9. The van der Waals surface area contributed by atoms with Crippen molar-refractivity contribution in [2.75, 3.05) is 13.1 Å². The van der Waals surface area contributed by atoms with Gasteiger partial charge >= 0.3 is 0 Å². The smallest absolute Gasteiger partial charge is 0.209 e. The summed E-state index contributed by atoms with van der Waals surface area (Å²) in [5.41, 5.74) is -0.442. The normalized spacial score (nSPS) is 11.6. The highest BCUT2D eigenvalue weighted by molar-refractivity contribution is 5.46. The fourth-order valence-electron chi connectivity index (χ4n) is 1.65. The summed E-state index contributed by atoms with van der Waals surface area (Å²) in [5.74, 6) is 1.18. The minimum atomic E-state index is -0.999. The highest BCUT2D eigenvalue weighted by atomic mass is 16.4. The Morgan fingerprint density at radius 2 is 2.18 bits per heavy atom. The molecular formula is C12H20N2O3. The molecule has 0 atom stereocenters. The van der Waals surface area contributed by atoms with Crippen molar-refractivity contribution in [2.45, 2.75) is 39.7 Å². The van der Waals surface area contributed by atoms with E-state index in [2.05, 4.69) is 4.98 Å². The van der Waals surface area contributed by atoms with Crippen LogP contribution in [0.3, 0.4) is 0 Å². The average Bonchev–Trinajstić information content (AvgIpc) is 2.61. The van der Waals surface area contributed by atoms with Gasteiger partial charge in [-0.1, -0.05) is 0 Å². The number of likely N-dealkylation sites (N-methyl/N-ethyl adjacent to an activating group) is 1. The summed E-state index contributed by atoms with van der Waals surface area (Å²) in [7, 11) is 0. The van der Waals surface area contributed by atoms with Crippen LogP contribution in [0.4, 0.5) is 0 Å². The lowest BCUT2D eigenvalue weighted by Crippen LogP contribution is -2.24. The Bertz CT molecular complexity index is 380. The number of aryl methyl sites for hydroxylation is 1. The monoisotopic (exact) mass is 240 g/mol. The number of hydrogen-bond acceptors (Lipinski definition) is 4. The van der Waals surface area contributed by atoms with Crippen molar-refractivity contribution >= 4 is 6.41 Å².